The first-order valence-corrected chi connectivity index (χ1v) is 47.1. The molecule has 4 heterocycles. The van der Waals surface area contributed by atoms with Gasteiger partial charge in [0.05, 0.1) is 67.6 Å². The van der Waals surface area contributed by atoms with Crippen LogP contribution in [0.25, 0.3) is 0 Å². The Morgan fingerprint density at radius 2 is 1.53 bits per heavy atom. The van der Waals surface area contributed by atoms with Crippen LogP contribution in [0.4, 0.5) is 22.0 Å². The summed E-state index contributed by atoms with van der Waals surface area (Å²) < 4.78 is 144. The highest BCUT2D eigenvalue weighted by atomic mass is 33.1. The molecular weight excluding hydrogens is 1620 g/mol. The number of ketones is 1. The summed E-state index contributed by atoms with van der Waals surface area (Å²) in [7, 11) is -21.9. The van der Waals surface area contributed by atoms with Gasteiger partial charge in [0.2, 0.25) is 11.6 Å². The number of nitrogen functional groups attached to an aromatic ring is 1. The van der Waals surface area contributed by atoms with Crippen molar-refractivity contribution in [1.29, 1.82) is 0 Å². The first kappa shape index (κ1) is 95.4. The molecule has 1 aromatic heterocycles. The third kappa shape index (κ3) is 33.3. The van der Waals surface area contributed by atoms with Crippen LogP contribution in [0, 0.1) is 11.8 Å². The average Bonchev–Trinajstić information content (AvgIpc) is 1.59. The van der Waals surface area contributed by atoms with Crippen LogP contribution in [0.1, 0.15) is 155 Å². The number of carbonyl (C=O) groups is 3. The molecule has 0 aliphatic carbocycles. The van der Waals surface area contributed by atoms with Crippen LogP contribution >= 0.6 is 45.1 Å². The molecule has 3 aliphatic heterocycles. The van der Waals surface area contributed by atoms with E-state index < -0.39 is 95.9 Å². The fourth-order valence-electron chi connectivity index (χ4n) is 11.8. The number of Topliss-reactive ketones (excluding diaryl/α,β-unsaturated/α-hetero) is 1. The second-order valence-electron chi connectivity index (χ2n) is 26.8. The molecule has 6 rings (SSSR count). The number of phosphoric acid groups is 3. The number of benzene rings is 2. The predicted octanol–water partition coefficient (Wildman–Crippen LogP) is 9.25. The van der Waals surface area contributed by atoms with Gasteiger partial charge in [0.15, 0.2) is 5.71 Å². The van der Waals surface area contributed by atoms with Gasteiger partial charge in [0.25, 0.3) is 10.1 Å². The lowest BCUT2D eigenvalue weighted by molar-refractivity contribution is -0.438. The number of hydrogen-bond donors (Lipinski definition) is 8. The second kappa shape index (κ2) is 45.8. The third-order valence-electron chi connectivity index (χ3n) is 17.1. The maximum Gasteiger partial charge on any atom is 0.490 e. The minimum atomic E-state index is -5.78. The summed E-state index contributed by atoms with van der Waals surface area (Å²) >= 11 is 5.19. The van der Waals surface area contributed by atoms with Gasteiger partial charge in [-0.15, -0.1) is 12.6 Å². The molecule has 6 atom stereocenters. The molecule has 33 nitrogen and oxygen atoms in total. The number of anilines is 2. The maximum atomic E-state index is 13.0. The van der Waals surface area contributed by atoms with Gasteiger partial charge < -0.3 is 69.3 Å². The van der Waals surface area contributed by atoms with Crippen LogP contribution in [0.3, 0.4) is 0 Å². The van der Waals surface area contributed by atoms with Gasteiger partial charge in [0.1, 0.15) is 36.4 Å². The van der Waals surface area contributed by atoms with Crippen LogP contribution in [0.15, 0.2) is 94.4 Å². The van der Waals surface area contributed by atoms with Crippen molar-refractivity contribution in [1.82, 2.24) is 20.2 Å². The Labute approximate surface area is 658 Å². The Kier molecular flexibility index (Phi) is 39.7. The molecule has 2 amide bonds. The van der Waals surface area contributed by atoms with Crippen molar-refractivity contribution in [3.63, 3.8) is 0 Å². The van der Waals surface area contributed by atoms with Crippen LogP contribution in [-0.2, 0) is 117 Å². The summed E-state index contributed by atoms with van der Waals surface area (Å²) in [4.78, 5) is 93.7. The van der Waals surface area contributed by atoms with Crippen LogP contribution < -0.4 is 27.0 Å². The summed E-state index contributed by atoms with van der Waals surface area (Å²) in [5.74, 6) is 6.01. The van der Waals surface area contributed by atoms with E-state index in [0.29, 0.717) is 77.6 Å². The minimum Gasteiger partial charge on any atom is -0.450 e. The fourth-order valence-corrected chi connectivity index (χ4v) is 18.1. The van der Waals surface area contributed by atoms with Crippen molar-refractivity contribution in [2.45, 2.75) is 171 Å². The van der Waals surface area contributed by atoms with Crippen molar-refractivity contribution >= 4 is 127 Å². The average molecular weight is 1720 g/mol. The Bertz CT molecular complexity index is 4290. The van der Waals surface area contributed by atoms with Crippen molar-refractivity contribution in [3.05, 3.63) is 112 Å². The van der Waals surface area contributed by atoms with E-state index in [1.807, 2.05) is 12.2 Å². The molecule has 2 aromatic carbocycles. The van der Waals surface area contributed by atoms with Crippen molar-refractivity contribution in [3.8, 4) is 11.8 Å². The minimum absolute atomic E-state index is 0.0307. The van der Waals surface area contributed by atoms with Crippen LogP contribution in [-0.4, -0.2) is 190 Å². The van der Waals surface area contributed by atoms with E-state index in [2.05, 4.69) is 137 Å². The molecule has 9 N–H and O–H groups in total. The zero-order valence-electron chi connectivity index (χ0n) is 62.6. The zero-order valence-corrected chi connectivity index (χ0v) is 70.2. The number of aromatic nitrogens is 2. The molecule has 0 spiro atoms. The van der Waals surface area contributed by atoms with Gasteiger partial charge in [-0.05, 0) is 114 Å². The first-order chi connectivity index (χ1) is 51.7. The van der Waals surface area contributed by atoms with Crippen molar-refractivity contribution in [2.75, 3.05) is 101 Å². The van der Waals surface area contributed by atoms with E-state index in [1.165, 1.54) is 29.2 Å². The number of fused-ring (bicyclic) bond motifs is 2. The number of carbonyl (C=O) groups excluding carboxylic acids is 3. The summed E-state index contributed by atoms with van der Waals surface area (Å²) in [6.07, 6.45) is 16.8. The molecule has 4 unspecified atom stereocenters. The molecule has 42 heteroatoms. The number of nitrogens with one attached hydrogen (secondary N) is 2. The molecule has 614 valence electrons. The molecule has 3 aromatic rings. The van der Waals surface area contributed by atoms with Crippen LogP contribution in [0.2, 0.25) is 0 Å². The largest absolute Gasteiger partial charge is 0.490 e. The van der Waals surface area contributed by atoms with Crippen LogP contribution in [0.5, 0.6) is 0 Å². The number of allylic oxidation sites excluding steroid dienone is 6. The lowest BCUT2D eigenvalue weighted by Gasteiger charge is -2.25. The Morgan fingerprint density at radius 1 is 0.855 bits per heavy atom. The van der Waals surface area contributed by atoms with E-state index >= 15 is 0 Å². The monoisotopic (exact) mass is 1720 g/mol. The second-order valence-corrected chi connectivity index (χ2v) is 39.1. The zero-order chi connectivity index (χ0) is 81.5. The maximum absolute atomic E-state index is 13.0. The van der Waals surface area contributed by atoms with Gasteiger partial charge in [-0.2, -0.15) is 26.6 Å². The molecule has 110 heavy (non-hydrogen) atoms. The van der Waals surface area contributed by atoms with E-state index in [1.54, 1.807) is 40.0 Å². The number of nitrogens with zero attached hydrogens (tertiary/aromatic N) is 4. The first-order valence-electron chi connectivity index (χ1n) is 35.1. The molecule has 3 aliphatic rings. The lowest BCUT2D eigenvalue weighted by atomic mass is 9.81. The van der Waals surface area contributed by atoms with Gasteiger partial charge in [0, 0.05) is 110 Å². The molecule has 1 fully saturated rings. The summed E-state index contributed by atoms with van der Waals surface area (Å²) in [5.41, 5.74) is 11.0. The summed E-state index contributed by atoms with van der Waals surface area (Å²) in [5, 5.41) is 5.59. The summed E-state index contributed by atoms with van der Waals surface area (Å²) in [6.45, 7) is 18.1. The van der Waals surface area contributed by atoms with Gasteiger partial charge in [-0.1, -0.05) is 106 Å². The molecule has 0 bridgehead atoms. The highest BCUT2D eigenvalue weighted by Gasteiger charge is 2.46. The summed E-state index contributed by atoms with van der Waals surface area (Å²) in [6, 6.07) is 13.3. The lowest BCUT2D eigenvalue weighted by Crippen LogP contribution is -2.30. The number of ether oxygens (including phenoxy) is 6. The van der Waals surface area contributed by atoms with E-state index in [0.717, 1.165) is 60.2 Å². The number of para-hydroxylation sites is 1. The topological polar surface area (TPSA) is 463 Å². The molecule has 0 saturated carbocycles. The van der Waals surface area contributed by atoms with E-state index in [-0.39, 0.29) is 83.1 Å². The molecule has 0 radical (unpaired) electrons. The third-order valence-corrected chi connectivity index (χ3v) is 25.5. The number of rotatable bonds is 47. The van der Waals surface area contributed by atoms with Gasteiger partial charge in [-0.3, -0.25) is 23.2 Å². The van der Waals surface area contributed by atoms with Crippen molar-refractivity contribution in [2.24, 2.45) is 0 Å². The van der Waals surface area contributed by atoms with E-state index in [4.69, 9.17) is 72.3 Å². The Balaban J connectivity index is 0.00000528. The number of amides is 2. The normalized spacial score (nSPS) is 18.4. The van der Waals surface area contributed by atoms with Gasteiger partial charge in [-0.25, -0.2) is 23.3 Å². The molecular formula is C68H101N7O26P3S6+. The number of alkyl carbamates (subject to hydrolysis) is 1. The van der Waals surface area contributed by atoms with Crippen molar-refractivity contribution < 1.29 is 119 Å². The number of nitrogens with two attached hydrogens (primary N) is 1. The number of likely N-dealkylation sites (N-methyl/N-ethyl adjacent to an activating group) is 1. The van der Waals surface area contributed by atoms with E-state index in [9.17, 15) is 55.6 Å². The fraction of sp³-hybridized carbons (Fsp3) is 0.588. The SMILES string of the molecule is CCN1\C(=C/C=C/C=C/C2=[N+](CCCCCC(=O)NCCOCCOCCNC(=O)OCCC(C)(C)SSCOCCCCCCC(=O)CCC#Cc3cn([C@H]4CC(OCS(C)=S)[C@@H](COP(=O)(O)OP(=O)(O)OP(=O)(O)O)O4)c(=O)nc3N)c3ccc(S(=O)(=O)O)cc3C2(C)C)C(C)(C)c2ccccc21.O=S(=O)=O. The quantitative estimate of drug-likeness (QED) is 0.00381. The standard InChI is InChI=1S/C68H100N7O23P3S5.O3S/c1-9-73-55-28-21-20-27-53(55)67(4,5)59(73)29-15-12-16-30-60-68(6,7)54-44-52(106(87,88)89)32-33-56(54)74(60)37-22-13-17-31-61(77)70-35-40-90-42-43-91-41-36-71-65(79)93-39-34-66(2,3)104-103-48-92-38-23-11-10-14-25-51(76)26-19-18-24-50-46-75(64(78)72-63(50)69)62-45-57(94-49-105(8)102)58(96-62)47-95-100(83,84)98-101(85,86)97-99(80,81)82;1-4(2)3/h12,15-16,20-21,27-30,32-33,44,46,57-58,62H,9-11,13-14,17,19,22-23,25-26,31,34-43,45,47-49H2,1-8H3,(H8-,69,70,71,72,77,78,79,80,81,82,83,84,85,86,87,88,89);/p+1/t57?,58-,62-,105?;/m1./s1. The highest BCUT2D eigenvalue weighted by Crippen LogP contribution is 2.66. The predicted molar refractivity (Wildman–Crippen MR) is 421 cm³/mol. The number of hydrogen-bond acceptors (Lipinski definition) is 27. The number of phosphoric ester groups is 1. The Morgan fingerprint density at radius 3 is 2.21 bits per heavy atom. The highest BCUT2D eigenvalue weighted by molar-refractivity contribution is 8.77. The van der Waals surface area contributed by atoms with Gasteiger partial charge >= 0.3 is 45.9 Å². The Hall–Kier alpha value is -5.21. The molecule has 1 saturated heterocycles. The number of unbranched alkanes of at least 4 members (excludes halogenated alkanes) is 5. The smallest absolute Gasteiger partial charge is 0.450 e.